The van der Waals surface area contributed by atoms with Gasteiger partial charge in [-0.15, -0.1) is 0 Å². The highest BCUT2D eigenvalue weighted by Crippen LogP contribution is 2.15. The Morgan fingerprint density at radius 3 is 2.63 bits per heavy atom. The van der Waals surface area contributed by atoms with Gasteiger partial charge in [-0.3, -0.25) is 9.59 Å². The largest absolute Gasteiger partial charge is 0.397 e. The van der Waals surface area contributed by atoms with Crippen LogP contribution in [-0.4, -0.2) is 41.3 Å². The van der Waals surface area contributed by atoms with Gasteiger partial charge in [-0.1, -0.05) is 11.6 Å². The molecule has 0 saturated heterocycles. The number of carbonyl (C=O) groups excluding carboxylic acids is 2. The molecule has 0 unspecified atom stereocenters. The average Bonchev–Trinajstić information content (AvgIpc) is 2.40. The van der Waals surface area contributed by atoms with Crippen molar-refractivity contribution in [3.8, 4) is 0 Å². The van der Waals surface area contributed by atoms with Crippen molar-refractivity contribution in [1.29, 1.82) is 0 Å². The lowest BCUT2D eigenvalue weighted by molar-refractivity contribution is -0.129. The molecular weight excluding hydrogens is 268 g/mol. The van der Waals surface area contributed by atoms with Gasteiger partial charge in [0.1, 0.15) is 5.15 Å². The lowest BCUT2D eigenvalue weighted by Gasteiger charge is -2.18. The van der Waals surface area contributed by atoms with Crippen LogP contribution < -0.4 is 11.1 Å². The number of nitrogens with zero attached hydrogens (tertiary/aromatic N) is 2. The lowest BCUT2D eigenvalue weighted by Crippen LogP contribution is -2.40. The fourth-order valence-corrected chi connectivity index (χ4v) is 1.75. The topological polar surface area (TPSA) is 88.3 Å². The summed E-state index contributed by atoms with van der Waals surface area (Å²) in [6.07, 6.45) is 1.36. The first-order chi connectivity index (χ1) is 8.99. The van der Waals surface area contributed by atoms with Crippen LogP contribution in [0.25, 0.3) is 0 Å². The van der Waals surface area contributed by atoms with Gasteiger partial charge in [0.2, 0.25) is 5.91 Å². The third-order valence-electron chi connectivity index (χ3n) is 2.62. The number of pyridine rings is 1. The van der Waals surface area contributed by atoms with E-state index in [0.717, 1.165) is 0 Å². The quantitative estimate of drug-likeness (QED) is 0.787. The van der Waals surface area contributed by atoms with E-state index in [2.05, 4.69) is 10.3 Å². The van der Waals surface area contributed by atoms with E-state index in [-0.39, 0.29) is 23.2 Å². The van der Waals surface area contributed by atoms with E-state index in [0.29, 0.717) is 18.8 Å². The Bertz CT molecular complexity index is 475. The molecule has 7 heteroatoms. The molecule has 0 radical (unpaired) electrons. The molecule has 2 amide bonds. The van der Waals surface area contributed by atoms with Crippen LogP contribution in [-0.2, 0) is 4.79 Å². The van der Waals surface area contributed by atoms with Crippen LogP contribution in [0.15, 0.2) is 12.3 Å². The van der Waals surface area contributed by atoms with Crippen LogP contribution in [0, 0.1) is 0 Å². The molecule has 6 nitrogen and oxygen atoms in total. The third kappa shape index (κ3) is 4.10. The summed E-state index contributed by atoms with van der Waals surface area (Å²) >= 11 is 5.80. The Labute approximate surface area is 116 Å². The second-order valence-corrected chi connectivity index (χ2v) is 4.21. The number of anilines is 1. The number of halogens is 1. The van der Waals surface area contributed by atoms with Gasteiger partial charge in [0.15, 0.2) is 0 Å². The zero-order valence-corrected chi connectivity index (χ0v) is 11.7. The van der Waals surface area contributed by atoms with Gasteiger partial charge in [0.25, 0.3) is 5.91 Å². The second kappa shape index (κ2) is 6.94. The second-order valence-electron chi connectivity index (χ2n) is 3.86. The SMILES string of the molecule is CCN(CC)C(=O)CNC(=O)c1cc(N)cnc1Cl. The van der Waals surface area contributed by atoms with Crippen LogP contribution >= 0.6 is 11.6 Å². The maximum atomic E-state index is 11.9. The average molecular weight is 285 g/mol. The number of hydrogen-bond acceptors (Lipinski definition) is 4. The molecule has 0 aromatic carbocycles. The summed E-state index contributed by atoms with van der Waals surface area (Å²) in [5.41, 5.74) is 6.03. The Morgan fingerprint density at radius 1 is 1.42 bits per heavy atom. The van der Waals surface area contributed by atoms with Crippen molar-refractivity contribution in [2.75, 3.05) is 25.4 Å². The van der Waals surface area contributed by atoms with Gasteiger partial charge in [-0.25, -0.2) is 4.98 Å². The predicted molar refractivity (Wildman–Crippen MR) is 73.9 cm³/mol. The van der Waals surface area contributed by atoms with Crippen LogP contribution in [0.2, 0.25) is 5.15 Å². The summed E-state index contributed by atoms with van der Waals surface area (Å²) in [7, 11) is 0. The van der Waals surface area contributed by atoms with Crippen molar-refractivity contribution in [3.63, 3.8) is 0 Å². The molecule has 19 heavy (non-hydrogen) atoms. The summed E-state index contributed by atoms with van der Waals surface area (Å²) in [5.74, 6) is -0.614. The van der Waals surface area contributed by atoms with Crippen LogP contribution in [0.3, 0.4) is 0 Å². The first-order valence-corrected chi connectivity index (χ1v) is 6.34. The molecule has 0 aliphatic heterocycles. The Hall–Kier alpha value is -1.82. The standard InChI is InChI=1S/C12H17ClN4O2/c1-3-17(4-2)10(18)7-16-12(19)9-5-8(14)6-15-11(9)13/h5-6H,3-4,7,14H2,1-2H3,(H,16,19). The number of rotatable bonds is 5. The number of hydrogen-bond donors (Lipinski definition) is 2. The fraction of sp³-hybridized carbons (Fsp3) is 0.417. The molecule has 0 bridgehead atoms. The number of carbonyl (C=O) groups is 2. The highest BCUT2D eigenvalue weighted by molar-refractivity contribution is 6.32. The first kappa shape index (κ1) is 15.2. The summed E-state index contributed by atoms with van der Waals surface area (Å²) in [5, 5.41) is 2.56. The number of likely N-dealkylation sites (N-methyl/N-ethyl adjacent to an activating group) is 1. The number of nitrogen functional groups attached to an aromatic ring is 1. The van der Waals surface area contributed by atoms with E-state index in [1.165, 1.54) is 12.3 Å². The molecular formula is C12H17ClN4O2. The highest BCUT2D eigenvalue weighted by atomic mass is 35.5. The van der Waals surface area contributed by atoms with Crippen LogP contribution in [0.5, 0.6) is 0 Å². The minimum absolute atomic E-state index is 0.0574. The number of nitrogens with one attached hydrogen (secondary N) is 1. The number of amides is 2. The molecule has 1 rings (SSSR count). The van der Waals surface area contributed by atoms with E-state index < -0.39 is 5.91 Å². The van der Waals surface area contributed by atoms with Crippen molar-refractivity contribution in [2.24, 2.45) is 0 Å². The van der Waals surface area contributed by atoms with E-state index in [1.54, 1.807) is 4.90 Å². The van der Waals surface area contributed by atoms with Crippen molar-refractivity contribution in [3.05, 3.63) is 23.0 Å². The highest BCUT2D eigenvalue weighted by Gasteiger charge is 2.15. The summed E-state index contributed by atoms with van der Waals surface area (Å²) in [6.45, 7) is 4.88. The molecule has 0 fully saturated rings. The third-order valence-corrected chi connectivity index (χ3v) is 2.92. The van der Waals surface area contributed by atoms with Gasteiger partial charge in [0, 0.05) is 13.1 Å². The molecule has 1 aromatic heterocycles. The van der Waals surface area contributed by atoms with Gasteiger partial charge in [-0.2, -0.15) is 0 Å². The molecule has 0 spiro atoms. The van der Waals surface area contributed by atoms with Gasteiger partial charge in [-0.05, 0) is 19.9 Å². The summed E-state index contributed by atoms with van der Waals surface area (Å²) < 4.78 is 0. The summed E-state index contributed by atoms with van der Waals surface area (Å²) in [4.78, 5) is 29.0. The first-order valence-electron chi connectivity index (χ1n) is 5.96. The molecule has 0 aliphatic carbocycles. The van der Waals surface area contributed by atoms with Gasteiger partial charge >= 0.3 is 0 Å². The Balaban J connectivity index is 2.65. The van der Waals surface area contributed by atoms with E-state index in [9.17, 15) is 9.59 Å². The smallest absolute Gasteiger partial charge is 0.254 e. The van der Waals surface area contributed by atoms with Crippen LogP contribution in [0.4, 0.5) is 5.69 Å². The molecule has 1 aromatic rings. The minimum Gasteiger partial charge on any atom is -0.397 e. The van der Waals surface area contributed by atoms with Crippen molar-refractivity contribution in [1.82, 2.24) is 15.2 Å². The molecule has 0 aliphatic rings. The van der Waals surface area contributed by atoms with Gasteiger partial charge < -0.3 is 16.0 Å². The maximum Gasteiger partial charge on any atom is 0.254 e. The molecule has 1 heterocycles. The van der Waals surface area contributed by atoms with Crippen molar-refractivity contribution < 1.29 is 9.59 Å². The molecule has 3 N–H and O–H groups in total. The van der Waals surface area contributed by atoms with Crippen LogP contribution in [0.1, 0.15) is 24.2 Å². The fourth-order valence-electron chi connectivity index (χ4n) is 1.56. The van der Waals surface area contributed by atoms with Gasteiger partial charge in [0.05, 0.1) is 24.0 Å². The molecule has 0 saturated carbocycles. The molecule has 104 valence electrons. The zero-order valence-electron chi connectivity index (χ0n) is 10.9. The monoisotopic (exact) mass is 284 g/mol. The zero-order chi connectivity index (χ0) is 14.4. The Morgan fingerprint density at radius 2 is 2.05 bits per heavy atom. The minimum atomic E-state index is -0.467. The molecule has 0 atom stereocenters. The predicted octanol–water partition coefficient (Wildman–Crippen LogP) is 0.915. The van der Waals surface area contributed by atoms with Crippen molar-refractivity contribution in [2.45, 2.75) is 13.8 Å². The Kier molecular flexibility index (Phi) is 5.57. The normalized spacial score (nSPS) is 10.1. The summed E-state index contributed by atoms with van der Waals surface area (Å²) in [6, 6.07) is 1.42. The van der Waals surface area contributed by atoms with E-state index in [1.807, 2.05) is 13.8 Å². The number of aromatic nitrogens is 1. The van der Waals surface area contributed by atoms with E-state index >= 15 is 0 Å². The van der Waals surface area contributed by atoms with E-state index in [4.69, 9.17) is 17.3 Å². The lowest BCUT2D eigenvalue weighted by atomic mass is 10.2. The number of nitrogens with two attached hydrogens (primary N) is 1. The van der Waals surface area contributed by atoms with Crippen molar-refractivity contribution >= 4 is 29.1 Å². The maximum absolute atomic E-state index is 11.9.